The monoisotopic (exact) mass is 516 g/mol. The Hall–Kier alpha value is -3.23. The Labute approximate surface area is 223 Å². The van der Waals surface area contributed by atoms with Crippen molar-refractivity contribution in [1.29, 1.82) is 0 Å². The molecule has 6 rings (SSSR count). The Bertz CT molecular complexity index is 1290. The number of hydrogen-bond acceptors (Lipinski definition) is 5. The summed E-state index contributed by atoms with van der Waals surface area (Å²) < 4.78 is 6.29. The average molecular weight is 517 g/mol. The number of hydrogen-bond donors (Lipinski definition) is 1. The maximum absolute atomic E-state index is 13.6. The molecule has 2 bridgehead atoms. The second-order valence-electron chi connectivity index (χ2n) is 10.7. The van der Waals surface area contributed by atoms with Crippen LogP contribution in [0, 0.1) is 25.7 Å². The Morgan fingerprint density at radius 2 is 1.84 bits per heavy atom. The van der Waals surface area contributed by atoms with E-state index >= 15 is 0 Å². The number of fused-ring (bicyclic) bond motifs is 5. The maximum Gasteiger partial charge on any atom is 0.241 e. The molecule has 0 aromatic heterocycles. The Morgan fingerprint density at radius 3 is 2.57 bits per heavy atom. The highest BCUT2D eigenvalue weighted by atomic mass is 32.1. The van der Waals surface area contributed by atoms with Crippen LogP contribution in [0.4, 0.5) is 11.4 Å². The van der Waals surface area contributed by atoms with Crippen molar-refractivity contribution in [2.24, 2.45) is 11.8 Å². The molecule has 0 radical (unpaired) electrons. The fraction of sp³-hybridized carbons (Fsp3) is 0.414. The quantitative estimate of drug-likeness (QED) is 0.380. The van der Waals surface area contributed by atoms with Crippen molar-refractivity contribution < 1.29 is 14.3 Å². The summed E-state index contributed by atoms with van der Waals surface area (Å²) in [5, 5.41) is 4.04. The molecule has 3 saturated heterocycles. The molecule has 2 aromatic carbocycles. The van der Waals surface area contributed by atoms with Crippen LogP contribution in [0.1, 0.15) is 18.1 Å². The number of ether oxygens (including phenoxy) is 1. The van der Waals surface area contributed by atoms with Gasteiger partial charge in [-0.1, -0.05) is 42.0 Å². The lowest BCUT2D eigenvalue weighted by atomic mass is 9.77. The molecule has 1 N–H and O–H groups in total. The van der Waals surface area contributed by atoms with E-state index in [4.69, 9.17) is 17.0 Å². The number of nitrogens with zero attached hydrogens (tertiary/aromatic N) is 3. The summed E-state index contributed by atoms with van der Waals surface area (Å²) in [6.07, 6.45) is 3.50. The molecule has 3 fully saturated rings. The van der Waals surface area contributed by atoms with Crippen molar-refractivity contribution in [3.05, 3.63) is 71.8 Å². The van der Waals surface area contributed by atoms with Gasteiger partial charge in [-0.05, 0) is 62.8 Å². The molecule has 2 aromatic rings. The highest BCUT2D eigenvalue weighted by molar-refractivity contribution is 7.80. The van der Waals surface area contributed by atoms with Crippen LogP contribution in [-0.2, 0) is 14.3 Å². The van der Waals surface area contributed by atoms with Crippen LogP contribution < -0.4 is 15.1 Å². The van der Waals surface area contributed by atoms with E-state index in [0.717, 1.165) is 25.2 Å². The topological polar surface area (TPSA) is 65.1 Å². The minimum Gasteiger partial charge on any atom is -0.365 e. The van der Waals surface area contributed by atoms with Crippen molar-refractivity contribution in [2.75, 3.05) is 36.0 Å². The zero-order chi connectivity index (χ0) is 25.9. The van der Waals surface area contributed by atoms with Crippen LogP contribution in [0.15, 0.2) is 60.7 Å². The van der Waals surface area contributed by atoms with Gasteiger partial charge in [0.2, 0.25) is 11.8 Å². The van der Waals surface area contributed by atoms with Crippen LogP contribution in [-0.4, -0.2) is 65.8 Å². The number of benzene rings is 2. The molecule has 0 spiro atoms. The lowest BCUT2D eigenvalue weighted by molar-refractivity contribution is -0.126. The number of amides is 2. The number of carbonyl (C=O) groups excluding carboxylic acids is 2. The minimum atomic E-state index is -0.874. The summed E-state index contributed by atoms with van der Waals surface area (Å²) in [4.78, 5) is 32.9. The van der Waals surface area contributed by atoms with Crippen molar-refractivity contribution in [2.45, 2.75) is 38.5 Å². The number of thiocarbonyl (C=S) groups is 1. The third kappa shape index (κ3) is 3.94. The van der Waals surface area contributed by atoms with Gasteiger partial charge in [0, 0.05) is 31.4 Å². The van der Waals surface area contributed by atoms with Crippen LogP contribution in [0.5, 0.6) is 0 Å². The predicted molar refractivity (Wildman–Crippen MR) is 148 cm³/mol. The normalized spacial score (nSPS) is 30.3. The lowest BCUT2D eigenvalue weighted by Crippen LogP contribution is -2.58. The first-order chi connectivity index (χ1) is 17.8. The molecule has 0 unspecified atom stereocenters. The molecule has 0 saturated carbocycles. The molecule has 37 heavy (non-hydrogen) atoms. The number of piperazine rings is 1. The van der Waals surface area contributed by atoms with Gasteiger partial charge in [0.25, 0.3) is 0 Å². The van der Waals surface area contributed by atoms with Gasteiger partial charge < -0.3 is 19.9 Å². The molecular weight excluding hydrogens is 484 g/mol. The predicted octanol–water partition coefficient (Wildman–Crippen LogP) is 3.20. The molecule has 4 aliphatic rings. The summed E-state index contributed by atoms with van der Waals surface area (Å²) in [6, 6.07) is 16.4. The summed E-state index contributed by atoms with van der Waals surface area (Å²) in [7, 11) is 0. The standard InChI is InChI=1S/C29H32N4O3S/c1-18-7-9-21(10-8-18)33-26(34)24-23-11-12-29(36-23,25(24)27(33)35)17-30-28(37)31-13-14-32(20(3)16-31)22-6-4-5-19(2)15-22/h4-12,15,20,23-25H,13-14,16-17H2,1-3H3,(H,30,37)/t20-,23-,24-,25+,29+/m1/s1. The van der Waals surface area contributed by atoms with E-state index in [-0.39, 0.29) is 17.9 Å². The SMILES string of the molecule is Cc1ccc(N2C(=O)[C@H]3[C@@H](C2=O)[C@@]2(CNC(=S)N4CCN(c5cccc(C)c5)[C@H](C)C4)C=C[C@H]3O2)cc1. The first-order valence-electron chi connectivity index (χ1n) is 13.0. The Morgan fingerprint density at radius 1 is 1.05 bits per heavy atom. The summed E-state index contributed by atoms with van der Waals surface area (Å²) >= 11 is 5.79. The number of anilines is 2. The molecule has 8 heteroatoms. The van der Waals surface area contributed by atoms with E-state index in [2.05, 4.69) is 53.2 Å². The molecule has 4 aliphatic heterocycles. The van der Waals surface area contributed by atoms with Gasteiger partial charge in [-0.2, -0.15) is 0 Å². The van der Waals surface area contributed by atoms with Crippen LogP contribution in [0.2, 0.25) is 0 Å². The number of rotatable bonds is 4. The van der Waals surface area contributed by atoms with Crippen LogP contribution in [0.3, 0.4) is 0 Å². The van der Waals surface area contributed by atoms with Crippen LogP contribution in [0.25, 0.3) is 0 Å². The van der Waals surface area contributed by atoms with Gasteiger partial charge in [-0.3, -0.25) is 9.59 Å². The molecule has 2 amide bonds. The lowest BCUT2D eigenvalue weighted by Gasteiger charge is -2.42. The number of aryl methyl sites for hydroxylation is 2. The second-order valence-corrected chi connectivity index (χ2v) is 11.1. The number of nitrogens with one attached hydrogen (secondary N) is 1. The highest BCUT2D eigenvalue weighted by Gasteiger charge is 2.67. The van der Waals surface area contributed by atoms with E-state index in [1.54, 1.807) is 0 Å². The third-order valence-corrected chi connectivity index (χ3v) is 8.61. The van der Waals surface area contributed by atoms with Crippen molar-refractivity contribution in [1.82, 2.24) is 10.2 Å². The Kier molecular flexibility index (Phi) is 5.84. The zero-order valence-corrected chi connectivity index (χ0v) is 22.2. The van der Waals surface area contributed by atoms with Crippen LogP contribution >= 0.6 is 12.2 Å². The van der Waals surface area contributed by atoms with Gasteiger partial charge >= 0.3 is 0 Å². The smallest absolute Gasteiger partial charge is 0.241 e. The van der Waals surface area contributed by atoms with Gasteiger partial charge in [0.15, 0.2) is 5.11 Å². The highest BCUT2D eigenvalue weighted by Crippen LogP contribution is 2.52. The molecule has 192 valence electrons. The molecule has 5 atom stereocenters. The van der Waals surface area contributed by atoms with Gasteiger partial charge in [-0.15, -0.1) is 0 Å². The van der Waals surface area contributed by atoms with Gasteiger partial charge in [-0.25, -0.2) is 4.90 Å². The summed E-state index contributed by atoms with van der Waals surface area (Å²) in [5.74, 6) is -1.42. The van der Waals surface area contributed by atoms with E-state index in [0.29, 0.717) is 23.4 Å². The fourth-order valence-electron chi connectivity index (χ4n) is 6.31. The second kappa shape index (κ2) is 8.96. The van der Waals surface area contributed by atoms with E-state index < -0.39 is 17.4 Å². The third-order valence-electron chi connectivity index (χ3n) is 8.21. The largest absolute Gasteiger partial charge is 0.365 e. The van der Waals surface area contributed by atoms with E-state index in [9.17, 15) is 9.59 Å². The number of imide groups is 1. The van der Waals surface area contributed by atoms with Crippen molar-refractivity contribution in [3.8, 4) is 0 Å². The maximum atomic E-state index is 13.6. The van der Waals surface area contributed by atoms with E-state index in [1.165, 1.54) is 16.2 Å². The minimum absolute atomic E-state index is 0.182. The first-order valence-corrected chi connectivity index (χ1v) is 13.4. The summed E-state index contributed by atoms with van der Waals surface area (Å²) in [6.45, 7) is 9.15. The molecule has 0 aliphatic carbocycles. The Balaban J connectivity index is 1.13. The zero-order valence-electron chi connectivity index (χ0n) is 21.4. The molecular formula is C29H32N4O3S. The number of carbonyl (C=O) groups is 2. The van der Waals surface area contributed by atoms with Gasteiger partial charge in [0.1, 0.15) is 5.60 Å². The van der Waals surface area contributed by atoms with Crippen molar-refractivity contribution in [3.63, 3.8) is 0 Å². The first kappa shape index (κ1) is 24.1. The molecule has 7 nitrogen and oxygen atoms in total. The summed E-state index contributed by atoms with van der Waals surface area (Å²) in [5.41, 5.74) is 3.31. The van der Waals surface area contributed by atoms with E-state index in [1.807, 2.05) is 43.3 Å². The molecule has 4 heterocycles. The average Bonchev–Trinajstić information content (AvgIpc) is 3.53. The fourth-order valence-corrected chi connectivity index (χ4v) is 6.55. The van der Waals surface area contributed by atoms with Crippen molar-refractivity contribution >= 4 is 40.5 Å². The van der Waals surface area contributed by atoms with Gasteiger partial charge in [0.05, 0.1) is 30.2 Å².